The van der Waals surface area contributed by atoms with Crippen molar-refractivity contribution >= 4 is 34.5 Å². The van der Waals surface area contributed by atoms with Gasteiger partial charge in [0.1, 0.15) is 6.54 Å². The van der Waals surface area contributed by atoms with E-state index in [0.717, 1.165) is 28.0 Å². The summed E-state index contributed by atoms with van der Waals surface area (Å²) in [5.41, 5.74) is 0.895. The van der Waals surface area contributed by atoms with E-state index in [0.29, 0.717) is 12.5 Å². The van der Waals surface area contributed by atoms with E-state index in [-0.39, 0.29) is 12.2 Å². The molecule has 6 heteroatoms. The fraction of sp³-hybridized carbons (Fsp3) is 0.423. The number of aryl methyl sites for hydroxylation is 1. The molecule has 4 nitrogen and oxygen atoms in total. The molecule has 3 aromatic rings. The summed E-state index contributed by atoms with van der Waals surface area (Å²) in [7, 11) is 0. The summed E-state index contributed by atoms with van der Waals surface area (Å²) in [6, 6.07) is 18.4. The van der Waals surface area contributed by atoms with Crippen LogP contribution >= 0.6 is 22.7 Å². The van der Waals surface area contributed by atoms with Crippen LogP contribution in [0.25, 0.3) is 0 Å². The van der Waals surface area contributed by atoms with Gasteiger partial charge in [-0.05, 0) is 41.4 Å². The fourth-order valence-electron chi connectivity index (χ4n) is 5.33. The average Bonchev–Trinajstić information content (AvgIpc) is 3.53. The van der Waals surface area contributed by atoms with Gasteiger partial charge in [-0.2, -0.15) is 0 Å². The normalized spacial score (nSPS) is 24.4. The molecule has 3 saturated heterocycles. The Bertz CT molecular complexity index is 980. The minimum absolute atomic E-state index is 0.0290. The smallest absolute Gasteiger partial charge is 0.415 e. The molecule has 0 spiro atoms. The Kier molecular flexibility index (Phi) is 6.62. The maximum Gasteiger partial charge on any atom is 0.415 e. The number of carbonyl (C=O) groups excluding carboxylic acids is 1. The third-order valence-electron chi connectivity index (χ3n) is 7.11. The third-order valence-corrected chi connectivity index (χ3v) is 8.91. The van der Waals surface area contributed by atoms with Gasteiger partial charge in [-0.1, -0.05) is 30.3 Å². The Balaban J connectivity index is 1.25. The first kappa shape index (κ1) is 21.7. The molecule has 3 aliphatic rings. The molecule has 168 valence electrons. The highest BCUT2D eigenvalue weighted by atomic mass is 32.1. The largest absolute Gasteiger partial charge is 0.440 e. The van der Waals surface area contributed by atoms with Crippen LogP contribution in [0.4, 0.5) is 10.5 Å². The van der Waals surface area contributed by atoms with Gasteiger partial charge in [0.15, 0.2) is 6.10 Å². The van der Waals surface area contributed by atoms with Crippen molar-refractivity contribution in [3.8, 4) is 0 Å². The Morgan fingerprint density at radius 2 is 1.69 bits per heavy atom. The molecule has 2 bridgehead atoms. The van der Waals surface area contributed by atoms with Crippen LogP contribution in [0, 0.1) is 5.92 Å². The summed E-state index contributed by atoms with van der Waals surface area (Å²) in [6.45, 7) is 5.19. The number of hydrogen-bond donors (Lipinski definition) is 0. The highest BCUT2D eigenvalue weighted by Crippen LogP contribution is 2.36. The lowest BCUT2D eigenvalue weighted by Gasteiger charge is -2.52. The van der Waals surface area contributed by atoms with E-state index in [2.05, 4.69) is 29.0 Å². The first-order valence-electron chi connectivity index (χ1n) is 11.6. The molecule has 0 N–H and O–H groups in total. The van der Waals surface area contributed by atoms with E-state index in [1.807, 2.05) is 47.7 Å². The van der Waals surface area contributed by atoms with Crippen molar-refractivity contribution in [2.24, 2.45) is 5.92 Å². The molecular formula is C26H31N2O2S2+. The van der Waals surface area contributed by atoms with Crippen LogP contribution in [0.2, 0.25) is 0 Å². The number of fused-ring (bicyclic) bond motifs is 3. The number of hydrogen-bond acceptors (Lipinski definition) is 4. The van der Waals surface area contributed by atoms with Crippen molar-refractivity contribution in [2.75, 3.05) is 31.1 Å². The average molecular weight is 468 g/mol. The van der Waals surface area contributed by atoms with E-state index in [9.17, 15) is 4.79 Å². The minimum atomic E-state index is -0.208. The zero-order chi connectivity index (χ0) is 21.8. The molecule has 1 atom stereocenters. The Labute approximate surface area is 198 Å². The third kappa shape index (κ3) is 4.92. The van der Waals surface area contributed by atoms with E-state index < -0.39 is 0 Å². The van der Waals surface area contributed by atoms with E-state index >= 15 is 0 Å². The van der Waals surface area contributed by atoms with Crippen molar-refractivity contribution < 1.29 is 14.0 Å². The van der Waals surface area contributed by atoms with Gasteiger partial charge in [0.2, 0.25) is 0 Å². The van der Waals surface area contributed by atoms with Crippen LogP contribution in [-0.4, -0.2) is 42.9 Å². The predicted molar refractivity (Wildman–Crippen MR) is 132 cm³/mol. The maximum atomic E-state index is 13.4. The molecule has 5 heterocycles. The van der Waals surface area contributed by atoms with Gasteiger partial charge in [0, 0.05) is 40.6 Å². The maximum absolute atomic E-state index is 13.4. The second-order valence-corrected chi connectivity index (χ2v) is 11.2. The predicted octanol–water partition coefficient (Wildman–Crippen LogP) is 6.19. The van der Waals surface area contributed by atoms with E-state index in [4.69, 9.17) is 4.74 Å². The first-order chi connectivity index (χ1) is 15.7. The molecule has 0 saturated carbocycles. The first-order valence-corrected chi connectivity index (χ1v) is 13.4. The van der Waals surface area contributed by atoms with Crippen molar-refractivity contribution in [1.82, 2.24) is 0 Å². The highest BCUT2D eigenvalue weighted by molar-refractivity contribution is 7.10. The standard InChI is InChI=1S/C26H31N2O2S2/c29-26(27(19-24-11-6-18-32-24)22-7-2-1-3-8-22)30-25-20-28(15-12-21(25)13-16-28)14-4-9-23-10-5-17-31-23/h1-3,5-8,10-11,17-18,21,25H,4,9,12-16,19-20H2/q+1/t21?,25-,28?/m0/s1. The molecule has 1 amide bonds. The summed E-state index contributed by atoms with van der Waals surface area (Å²) >= 11 is 3.53. The Morgan fingerprint density at radius 1 is 0.969 bits per heavy atom. The SMILES string of the molecule is O=C(O[C@H]1C[N+]2(CCCc3cccs3)CCC1CC2)N(Cc1cccs1)c1ccccc1. The number of anilines is 1. The van der Waals surface area contributed by atoms with Gasteiger partial charge in [-0.15, -0.1) is 22.7 Å². The van der Waals surface area contributed by atoms with Gasteiger partial charge in [-0.25, -0.2) is 4.79 Å². The second kappa shape index (κ2) is 9.77. The molecule has 3 aliphatic heterocycles. The number of ether oxygens (including phenoxy) is 1. The fourth-order valence-corrected chi connectivity index (χ4v) is 6.78. The molecule has 3 fully saturated rings. The highest BCUT2D eigenvalue weighted by Gasteiger charge is 2.47. The monoisotopic (exact) mass is 467 g/mol. The summed E-state index contributed by atoms with van der Waals surface area (Å²) in [4.78, 5) is 17.8. The van der Waals surface area contributed by atoms with Crippen LogP contribution in [0.5, 0.6) is 0 Å². The lowest BCUT2D eigenvalue weighted by molar-refractivity contribution is -0.946. The lowest BCUT2D eigenvalue weighted by atomic mass is 9.83. The van der Waals surface area contributed by atoms with E-state index in [1.165, 1.54) is 43.8 Å². The number of benzene rings is 1. The Hall–Kier alpha value is -2.15. The number of piperidine rings is 3. The van der Waals surface area contributed by atoms with Crippen LogP contribution in [0.1, 0.15) is 29.0 Å². The molecule has 2 aromatic heterocycles. The van der Waals surface area contributed by atoms with E-state index in [1.54, 1.807) is 16.2 Å². The molecule has 6 rings (SSSR count). The van der Waals surface area contributed by atoms with Crippen molar-refractivity contribution in [1.29, 1.82) is 0 Å². The van der Waals surface area contributed by atoms with Crippen molar-refractivity contribution in [3.05, 3.63) is 75.1 Å². The van der Waals surface area contributed by atoms with Crippen LogP contribution < -0.4 is 4.90 Å². The van der Waals surface area contributed by atoms with Crippen LogP contribution in [0.15, 0.2) is 65.4 Å². The van der Waals surface area contributed by atoms with Gasteiger partial charge >= 0.3 is 6.09 Å². The molecule has 1 aromatic carbocycles. The van der Waals surface area contributed by atoms with Crippen LogP contribution in [-0.2, 0) is 17.7 Å². The van der Waals surface area contributed by atoms with Gasteiger partial charge in [0.25, 0.3) is 0 Å². The molecular weight excluding hydrogens is 436 g/mol. The topological polar surface area (TPSA) is 29.5 Å². The van der Waals surface area contributed by atoms with Crippen LogP contribution in [0.3, 0.4) is 0 Å². The molecule has 0 radical (unpaired) electrons. The lowest BCUT2D eigenvalue weighted by Crippen LogP contribution is -2.65. The molecule has 32 heavy (non-hydrogen) atoms. The Morgan fingerprint density at radius 3 is 2.38 bits per heavy atom. The number of carbonyl (C=O) groups is 1. The van der Waals surface area contributed by atoms with Crippen molar-refractivity contribution in [3.63, 3.8) is 0 Å². The van der Waals surface area contributed by atoms with Gasteiger partial charge < -0.3 is 9.22 Å². The zero-order valence-corrected chi connectivity index (χ0v) is 20.0. The number of nitrogens with zero attached hydrogens (tertiary/aromatic N) is 2. The summed E-state index contributed by atoms with van der Waals surface area (Å²) in [5.74, 6) is 0.510. The quantitative estimate of drug-likeness (QED) is 0.370. The molecule has 0 aliphatic carbocycles. The second-order valence-electron chi connectivity index (χ2n) is 9.14. The summed E-state index contributed by atoms with van der Waals surface area (Å²) < 4.78 is 7.37. The van der Waals surface area contributed by atoms with Crippen molar-refractivity contribution in [2.45, 2.75) is 38.3 Å². The minimum Gasteiger partial charge on any atom is -0.440 e. The molecule has 0 unspecified atom stereocenters. The number of quaternary nitrogens is 1. The zero-order valence-electron chi connectivity index (χ0n) is 18.4. The summed E-state index contributed by atoms with van der Waals surface area (Å²) in [6.07, 6.45) is 4.54. The van der Waals surface area contributed by atoms with Gasteiger partial charge in [-0.3, -0.25) is 4.90 Å². The van der Waals surface area contributed by atoms with Gasteiger partial charge in [0.05, 0.1) is 26.2 Å². The number of rotatable bonds is 8. The number of thiophene rings is 2. The summed E-state index contributed by atoms with van der Waals surface area (Å²) in [5, 5.41) is 4.22. The number of amides is 1. The number of para-hydroxylation sites is 1.